The molecule has 0 aromatic heterocycles. The fourth-order valence-corrected chi connectivity index (χ4v) is 3.76. The standard InChI is InChI=1S/C15H14Br2FNS/c16-11-2-1-3-14(7-11)20-9-13(19)6-10-4-5-12(18)8-15(10)17/h1-5,7-8,13H,6,9,19H2. The maximum Gasteiger partial charge on any atom is 0.124 e. The molecule has 0 saturated carbocycles. The second-order valence-electron chi connectivity index (χ2n) is 4.47. The zero-order valence-electron chi connectivity index (χ0n) is 10.7. The van der Waals surface area contributed by atoms with Crippen molar-refractivity contribution >= 4 is 43.6 Å². The number of halogens is 3. The summed E-state index contributed by atoms with van der Waals surface area (Å²) in [4.78, 5) is 1.19. The molecular weight excluding hydrogens is 405 g/mol. The van der Waals surface area contributed by atoms with Crippen molar-refractivity contribution in [2.45, 2.75) is 17.4 Å². The summed E-state index contributed by atoms with van der Waals surface area (Å²) in [5.74, 6) is 0.581. The van der Waals surface area contributed by atoms with Crippen molar-refractivity contribution in [3.05, 3.63) is 62.8 Å². The van der Waals surface area contributed by atoms with Gasteiger partial charge in [-0.1, -0.05) is 44.0 Å². The minimum atomic E-state index is -0.238. The van der Waals surface area contributed by atoms with Gasteiger partial charge in [-0.3, -0.25) is 0 Å². The van der Waals surface area contributed by atoms with Gasteiger partial charge >= 0.3 is 0 Å². The topological polar surface area (TPSA) is 26.0 Å². The lowest BCUT2D eigenvalue weighted by atomic mass is 10.1. The molecule has 2 aromatic carbocycles. The average molecular weight is 419 g/mol. The second kappa shape index (κ2) is 7.59. The first-order valence-corrected chi connectivity index (χ1v) is 8.69. The Bertz CT molecular complexity index is 592. The highest BCUT2D eigenvalue weighted by Gasteiger charge is 2.09. The Morgan fingerprint density at radius 3 is 2.65 bits per heavy atom. The van der Waals surface area contributed by atoms with Gasteiger partial charge in [-0.2, -0.15) is 0 Å². The molecule has 2 rings (SSSR count). The lowest BCUT2D eigenvalue weighted by Gasteiger charge is -2.13. The molecule has 0 bridgehead atoms. The molecule has 1 atom stereocenters. The summed E-state index contributed by atoms with van der Waals surface area (Å²) >= 11 is 8.55. The number of hydrogen-bond donors (Lipinski definition) is 1. The summed E-state index contributed by atoms with van der Waals surface area (Å²) in [6, 6.07) is 12.9. The van der Waals surface area contributed by atoms with Crippen LogP contribution in [0.15, 0.2) is 56.3 Å². The second-order valence-corrected chi connectivity index (χ2v) is 7.33. The van der Waals surface area contributed by atoms with Crippen molar-refractivity contribution in [3.63, 3.8) is 0 Å². The molecule has 0 aliphatic rings. The van der Waals surface area contributed by atoms with Crippen molar-refractivity contribution < 1.29 is 4.39 Å². The van der Waals surface area contributed by atoms with Gasteiger partial charge < -0.3 is 5.73 Å². The third-order valence-corrected chi connectivity index (χ3v) is 5.17. The molecule has 0 spiro atoms. The SMILES string of the molecule is NC(CSc1cccc(Br)c1)Cc1ccc(F)cc1Br. The monoisotopic (exact) mass is 417 g/mol. The zero-order valence-corrected chi connectivity index (χ0v) is 14.6. The molecule has 0 heterocycles. The Labute approximate surface area is 139 Å². The summed E-state index contributed by atoms with van der Waals surface area (Å²) in [6.45, 7) is 0. The van der Waals surface area contributed by atoms with Crippen LogP contribution in [0.5, 0.6) is 0 Å². The van der Waals surface area contributed by atoms with Crippen molar-refractivity contribution in [2.24, 2.45) is 5.73 Å². The molecule has 1 nitrogen and oxygen atoms in total. The van der Waals surface area contributed by atoms with E-state index in [2.05, 4.69) is 44.0 Å². The van der Waals surface area contributed by atoms with E-state index in [-0.39, 0.29) is 11.9 Å². The van der Waals surface area contributed by atoms with Crippen LogP contribution in [0.4, 0.5) is 4.39 Å². The van der Waals surface area contributed by atoms with Crippen molar-refractivity contribution in [1.82, 2.24) is 0 Å². The highest BCUT2D eigenvalue weighted by atomic mass is 79.9. The third-order valence-electron chi connectivity index (χ3n) is 2.76. The maximum atomic E-state index is 13.0. The molecule has 5 heteroatoms. The largest absolute Gasteiger partial charge is 0.327 e. The van der Waals surface area contributed by atoms with Crippen LogP contribution < -0.4 is 5.73 Å². The molecule has 20 heavy (non-hydrogen) atoms. The number of nitrogens with two attached hydrogens (primary N) is 1. The number of benzene rings is 2. The maximum absolute atomic E-state index is 13.0. The van der Waals surface area contributed by atoms with Gasteiger partial charge in [-0.15, -0.1) is 11.8 Å². The van der Waals surface area contributed by atoms with Crippen LogP contribution in [0, 0.1) is 5.82 Å². The summed E-state index contributed by atoms with van der Waals surface area (Å²) < 4.78 is 14.9. The number of thioether (sulfide) groups is 1. The molecule has 0 saturated heterocycles. The Balaban J connectivity index is 1.90. The summed E-state index contributed by atoms with van der Waals surface area (Å²) in [6.07, 6.45) is 0.724. The Hall–Kier alpha value is -0.360. The minimum absolute atomic E-state index is 0.0285. The fourth-order valence-electron chi connectivity index (χ4n) is 1.79. The van der Waals surface area contributed by atoms with E-state index in [0.717, 1.165) is 26.7 Å². The first kappa shape index (κ1) is 16.0. The van der Waals surface area contributed by atoms with Crippen LogP contribution in [0.25, 0.3) is 0 Å². The highest BCUT2D eigenvalue weighted by molar-refractivity contribution is 9.10. The van der Waals surface area contributed by atoms with Gasteiger partial charge in [0, 0.05) is 25.6 Å². The minimum Gasteiger partial charge on any atom is -0.327 e. The van der Waals surface area contributed by atoms with Crippen LogP contribution in [-0.2, 0) is 6.42 Å². The van der Waals surface area contributed by atoms with E-state index in [1.807, 2.05) is 12.1 Å². The van der Waals surface area contributed by atoms with E-state index < -0.39 is 0 Å². The predicted molar refractivity (Wildman–Crippen MR) is 90.6 cm³/mol. The van der Waals surface area contributed by atoms with Gasteiger partial charge in [0.15, 0.2) is 0 Å². The molecule has 0 radical (unpaired) electrons. The van der Waals surface area contributed by atoms with E-state index in [1.54, 1.807) is 17.8 Å². The van der Waals surface area contributed by atoms with Crippen LogP contribution in [0.3, 0.4) is 0 Å². The molecule has 0 aliphatic heterocycles. The molecular formula is C15H14Br2FNS. The first-order chi connectivity index (χ1) is 9.54. The van der Waals surface area contributed by atoms with Crippen molar-refractivity contribution in [1.29, 1.82) is 0 Å². The Morgan fingerprint density at radius 2 is 1.95 bits per heavy atom. The molecule has 0 amide bonds. The van der Waals surface area contributed by atoms with Crippen LogP contribution >= 0.6 is 43.6 Å². The predicted octanol–water partition coefficient (Wildman–Crippen LogP) is 5.01. The molecule has 0 fully saturated rings. The normalized spacial score (nSPS) is 12.4. The Kier molecular flexibility index (Phi) is 6.08. The molecule has 0 aliphatic carbocycles. The zero-order chi connectivity index (χ0) is 14.5. The molecule has 106 valence electrons. The lowest BCUT2D eigenvalue weighted by Crippen LogP contribution is -2.25. The number of rotatable bonds is 5. The lowest BCUT2D eigenvalue weighted by molar-refractivity contribution is 0.625. The molecule has 2 aromatic rings. The first-order valence-electron chi connectivity index (χ1n) is 6.12. The van der Waals surface area contributed by atoms with Gasteiger partial charge in [0.2, 0.25) is 0 Å². The van der Waals surface area contributed by atoms with Gasteiger partial charge in [-0.25, -0.2) is 4.39 Å². The van der Waals surface area contributed by atoms with Gasteiger partial charge in [0.05, 0.1) is 0 Å². The van der Waals surface area contributed by atoms with Crippen molar-refractivity contribution in [2.75, 3.05) is 5.75 Å². The van der Waals surface area contributed by atoms with Crippen LogP contribution in [-0.4, -0.2) is 11.8 Å². The quantitative estimate of drug-likeness (QED) is 0.690. The average Bonchev–Trinajstić information content (AvgIpc) is 2.40. The third kappa shape index (κ3) is 4.88. The van der Waals surface area contributed by atoms with E-state index in [1.165, 1.54) is 17.0 Å². The van der Waals surface area contributed by atoms with Gasteiger partial charge in [0.25, 0.3) is 0 Å². The molecule has 2 N–H and O–H groups in total. The van der Waals surface area contributed by atoms with Crippen LogP contribution in [0.2, 0.25) is 0 Å². The number of hydrogen-bond acceptors (Lipinski definition) is 2. The van der Waals surface area contributed by atoms with Crippen LogP contribution in [0.1, 0.15) is 5.56 Å². The fraction of sp³-hybridized carbons (Fsp3) is 0.200. The molecule has 1 unspecified atom stereocenters. The van der Waals surface area contributed by atoms with Gasteiger partial charge in [-0.05, 0) is 42.3 Å². The van der Waals surface area contributed by atoms with E-state index >= 15 is 0 Å². The van der Waals surface area contributed by atoms with Gasteiger partial charge in [0.1, 0.15) is 5.82 Å². The summed E-state index contributed by atoms with van der Waals surface area (Å²) in [5, 5.41) is 0. The Morgan fingerprint density at radius 1 is 1.15 bits per heavy atom. The van der Waals surface area contributed by atoms with Crippen molar-refractivity contribution in [3.8, 4) is 0 Å². The summed E-state index contributed by atoms with van der Waals surface area (Å²) in [5.41, 5.74) is 7.19. The van der Waals surface area contributed by atoms with E-state index in [0.29, 0.717) is 0 Å². The van der Waals surface area contributed by atoms with E-state index in [9.17, 15) is 4.39 Å². The summed E-state index contributed by atoms with van der Waals surface area (Å²) in [7, 11) is 0. The highest BCUT2D eigenvalue weighted by Crippen LogP contribution is 2.24. The van der Waals surface area contributed by atoms with E-state index in [4.69, 9.17) is 5.73 Å². The smallest absolute Gasteiger partial charge is 0.124 e.